The molecular weight excluding hydrogens is 362 g/mol. The topological polar surface area (TPSA) is 48.5 Å². The molecule has 0 radical (unpaired) electrons. The molecule has 0 atom stereocenters. The first-order chi connectivity index (χ1) is 13.9. The third-order valence-electron chi connectivity index (χ3n) is 5.95. The Hall–Kier alpha value is -2.56. The van der Waals surface area contributed by atoms with Crippen molar-refractivity contribution in [3.8, 4) is 17.1 Å². The van der Waals surface area contributed by atoms with E-state index in [-0.39, 0.29) is 11.5 Å². The molecule has 0 unspecified atom stereocenters. The van der Waals surface area contributed by atoms with Crippen LogP contribution in [0, 0.1) is 6.92 Å². The summed E-state index contributed by atoms with van der Waals surface area (Å²) in [5.74, 6) is 2.18. The van der Waals surface area contributed by atoms with Crippen molar-refractivity contribution in [2.75, 3.05) is 7.11 Å². The zero-order chi connectivity index (χ0) is 21.3. The molecule has 3 rings (SSSR count). The first-order valence-electron chi connectivity index (χ1n) is 10.7. The number of aromatic nitrogens is 3. The maximum atomic E-state index is 13.6. The number of hydrogen-bond donors (Lipinski definition) is 0. The fraction of sp³-hybridized carbons (Fsp3) is 0.500. The largest absolute Gasteiger partial charge is 0.497 e. The summed E-state index contributed by atoms with van der Waals surface area (Å²) in [5, 5.41) is 4.99. The molecule has 0 saturated heterocycles. The van der Waals surface area contributed by atoms with Gasteiger partial charge in [0.05, 0.1) is 7.11 Å². The lowest BCUT2D eigenvalue weighted by molar-refractivity contribution is 0.414. The maximum Gasteiger partial charge on any atom is 0.278 e. The van der Waals surface area contributed by atoms with Gasteiger partial charge in [-0.25, -0.2) is 4.52 Å². The van der Waals surface area contributed by atoms with Gasteiger partial charge < -0.3 is 4.74 Å². The summed E-state index contributed by atoms with van der Waals surface area (Å²) in [7, 11) is 1.67. The normalized spacial score (nSPS) is 11.8. The van der Waals surface area contributed by atoms with E-state index in [9.17, 15) is 4.79 Å². The van der Waals surface area contributed by atoms with Crippen LogP contribution in [-0.4, -0.2) is 21.3 Å². The molecule has 0 fully saturated rings. The second kappa shape index (κ2) is 8.44. The molecule has 0 saturated carbocycles. The van der Waals surface area contributed by atoms with Crippen LogP contribution in [0.2, 0.25) is 0 Å². The van der Waals surface area contributed by atoms with Crippen LogP contribution in [0.4, 0.5) is 0 Å². The van der Waals surface area contributed by atoms with E-state index in [0.29, 0.717) is 18.3 Å². The van der Waals surface area contributed by atoms with Crippen molar-refractivity contribution in [3.63, 3.8) is 0 Å². The van der Waals surface area contributed by atoms with E-state index >= 15 is 0 Å². The van der Waals surface area contributed by atoms with Gasteiger partial charge in [-0.1, -0.05) is 27.7 Å². The van der Waals surface area contributed by atoms with E-state index in [1.807, 2.05) is 35.1 Å². The summed E-state index contributed by atoms with van der Waals surface area (Å²) in [4.78, 5) is 13.6. The summed E-state index contributed by atoms with van der Waals surface area (Å²) in [5.41, 5.74) is 5.00. The van der Waals surface area contributed by atoms with E-state index in [4.69, 9.17) is 9.84 Å². The lowest BCUT2D eigenvalue weighted by atomic mass is 9.94. The van der Waals surface area contributed by atoms with E-state index in [1.54, 1.807) is 7.11 Å². The van der Waals surface area contributed by atoms with Crippen molar-refractivity contribution in [3.05, 3.63) is 51.4 Å². The zero-order valence-electron chi connectivity index (χ0n) is 18.7. The van der Waals surface area contributed by atoms with Gasteiger partial charge in [-0.2, -0.15) is 0 Å². The molecule has 2 heterocycles. The summed E-state index contributed by atoms with van der Waals surface area (Å²) < 4.78 is 9.09. The Morgan fingerprint density at radius 1 is 1.07 bits per heavy atom. The van der Waals surface area contributed by atoms with Crippen molar-refractivity contribution in [1.29, 1.82) is 0 Å². The third kappa shape index (κ3) is 3.59. The number of nitrogens with zero attached hydrogens (tertiary/aromatic N) is 3. The smallest absolute Gasteiger partial charge is 0.278 e. The van der Waals surface area contributed by atoms with E-state index in [2.05, 4.69) is 39.8 Å². The second-order valence-corrected chi connectivity index (χ2v) is 8.00. The van der Waals surface area contributed by atoms with Gasteiger partial charge in [0.25, 0.3) is 5.56 Å². The monoisotopic (exact) mass is 395 g/mol. The predicted molar refractivity (Wildman–Crippen MR) is 119 cm³/mol. The average Bonchev–Trinajstić information content (AvgIpc) is 3.05. The zero-order valence-corrected chi connectivity index (χ0v) is 18.7. The van der Waals surface area contributed by atoms with Crippen LogP contribution >= 0.6 is 0 Å². The molecule has 0 aliphatic carbocycles. The van der Waals surface area contributed by atoms with Crippen molar-refractivity contribution in [2.45, 2.75) is 72.8 Å². The van der Waals surface area contributed by atoms with E-state index < -0.39 is 0 Å². The Bertz CT molecular complexity index is 1070. The number of methoxy groups -OCH3 is 1. The Balaban J connectivity index is 2.37. The third-order valence-corrected chi connectivity index (χ3v) is 5.95. The minimum atomic E-state index is 0.0398. The summed E-state index contributed by atoms with van der Waals surface area (Å²) >= 11 is 0. The highest BCUT2D eigenvalue weighted by Crippen LogP contribution is 2.33. The average molecular weight is 396 g/mol. The molecule has 0 spiro atoms. The van der Waals surface area contributed by atoms with Crippen molar-refractivity contribution < 1.29 is 4.74 Å². The lowest BCUT2D eigenvalue weighted by Crippen LogP contribution is -2.26. The number of hydrogen-bond acceptors (Lipinski definition) is 3. The Labute approximate surface area is 173 Å². The van der Waals surface area contributed by atoms with Crippen LogP contribution in [0.3, 0.4) is 0 Å². The van der Waals surface area contributed by atoms with Gasteiger partial charge in [0, 0.05) is 17.8 Å². The Morgan fingerprint density at radius 3 is 2.31 bits per heavy atom. The van der Waals surface area contributed by atoms with Crippen LogP contribution in [-0.2, 0) is 6.54 Å². The Kier molecular flexibility index (Phi) is 6.15. The highest BCUT2D eigenvalue weighted by Gasteiger charge is 2.22. The molecule has 0 bridgehead atoms. The van der Waals surface area contributed by atoms with Crippen LogP contribution in [0.5, 0.6) is 5.75 Å². The van der Waals surface area contributed by atoms with Crippen molar-refractivity contribution in [2.24, 2.45) is 0 Å². The number of aryl methyl sites for hydroxylation is 1. The quantitative estimate of drug-likeness (QED) is 0.529. The standard InChI is InChI=1S/C24H33N3O2/c1-8-17(9-2)21-13-16(6)27-22(21)24(28)26(10-3)23(25-27)19-12-11-18(29-7)14-20(19)15(4)5/h11-15,17H,8-10H2,1-7H3. The number of ether oxygens (including phenoxy) is 1. The molecule has 3 aromatic rings. The van der Waals surface area contributed by atoms with Gasteiger partial charge in [0.1, 0.15) is 11.3 Å². The molecule has 1 aromatic carbocycles. The fourth-order valence-electron chi connectivity index (χ4n) is 4.25. The van der Waals surface area contributed by atoms with Gasteiger partial charge in [-0.05, 0) is 73.9 Å². The number of benzene rings is 1. The number of fused-ring (bicyclic) bond motifs is 1. The van der Waals surface area contributed by atoms with Gasteiger partial charge in [0.2, 0.25) is 0 Å². The van der Waals surface area contributed by atoms with Crippen molar-refractivity contribution >= 4 is 5.52 Å². The summed E-state index contributed by atoms with van der Waals surface area (Å²) in [6.07, 6.45) is 2.03. The first-order valence-corrected chi connectivity index (χ1v) is 10.7. The summed E-state index contributed by atoms with van der Waals surface area (Å²) in [6.45, 7) is 13.3. The molecular formula is C24H33N3O2. The molecule has 0 N–H and O–H groups in total. The minimum Gasteiger partial charge on any atom is -0.497 e. The SMILES string of the molecule is CCC(CC)c1cc(C)n2nc(-c3ccc(OC)cc3C(C)C)n(CC)c(=O)c12. The molecule has 5 heteroatoms. The molecule has 0 amide bonds. The van der Waals surface area contributed by atoms with Crippen LogP contribution in [0.1, 0.15) is 76.1 Å². The highest BCUT2D eigenvalue weighted by atomic mass is 16.5. The minimum absolute atomic E-state index is 0.0398. The van der Waals surface area contributed by atoms with Gasteiger partial charge in [-0.3, -0.25) is 9.36 Å². The molecule has 0 aliphatic rings. The summed E-state index contributed by atoms with van der Waals surface area (Å²) in [6, 6.07) is 8.15. The van der Waals surface area contributed by atoms with Crippen LogP contribution in [0.15, 0.2) is 29.1 Å². The number of rotatable bonds is 7. The van der Waals surface area contributed by atoms with Crippen molar-refractivity contribution in [1.82, 2.24) is 14.2 Å². The molecule has 2 aromatic heterocycles. The Morgan fingerprint density at radius 2 is 1.76 bits per heavy atom. The first kappa shape index (κ1) is 21.2. The highest BCUT2D eigenvalue weighted by molar-refractivity contribution is 5.66. The molecule has 0 aliphatic heterocycles. The molecule has 5 nitrogen and oxygen atoms in total. The molecule has 156 valence electrons. The lowest BCUT2D eigenvalue weighted by Gasteiger charge is -2.18. The van der Waals surface area contributed by atoms with Gasteiger partial charge in [-0.15, -0.1) is 5.10 Å². The van der Waals surface area contributed by atoms with E-state index in [0.717, 1.165) is 46.5 Å². The fourth-order valence-corrected chi connectivity index (χ4v) is 4.25. The van der Waals surface area contributed by atoms with E-state index in [1.165, 1.54) is 0 Å². The second-order valence-electron chi connectivity index (χ2n) is 8.00. The predicted octanol–water partition coefficient (Wildman–Crippen LogP) is 5.53. The van der Waals surface area contributed by atoms with Crippen LogP contribution < -0.4 is 10.3 Å². The molecule has 29 heavy (non-hydrogen) atoms. The van der Waals surface area contributed by atoms with Gasteiger partial charge >= 0.3 is 0 Å². The van der Waals surface area contributed by atoms with Crippen LogP contribution in [0.25, 0.3) is 16.9 Å². The maximum absolute atomic E-state index is 13.6. The van der Waals surface area contributed by atoms with Gasteiger partial charge in [0.15, 0.2) is 5.82 Å².